The number of halogens is 2. The lowest BCUT2D eigenvalue weighted by Crippen LogP contribution is -2.36. The average Bonchev–Trinajstić information content (AvgIpc) is 2.31. The van der Waals surface area contributed by atoms with E-state index < -0.39 is 24.3 Å². The van der Waals surface area contributed by atoms with Gasteiger partial charge in [0, 0.05) is 5.56 Å². The largest absolute Gasteiger partial charge is 0.504 e. The fourth-order valence-electron chi connectivity index (χ4n) is 1.39. The minimum absolute atomic E-state index is 0.0918. The van der Waals surface area contributed by atoms with Crippen molar-refractivity contribution in [1.82, 2.24) is 0 Å². The van der Waals surface area contributed by atoms with Crippen LogP contribution < -0.4 is 10.5 Å². The van der Waals surface area contributed by atoms with Crippen LogP contribution in [0, 0.1) is 0 Å². The fourth-order valence-corrected chi connectivity index (χ4v) is 1.39. The zero-order valence-corrected chi connectivity index (χ0v) is 9.36. The highest BCUT2D eigenvalue weighted by Crippen LogP contribution is 2.38. The van der Waals surface area contributed by atoms with Gasteiger partial charge < -0.3 is 20.7 Å². The van der Waals surface area contributed by atoms with Crippen LogP contribution in [0.3, 0.4) is 0 Å². The van der Waals surface area contributed by atoms with Crippen molar-refractivity contribution in [2.45, 2.75) is 18.9 Å². The van der Waals surface area contributed by atoms with Crippen LogP contribution >= 0.6 is 0 Å². The van der Waals surface area contributed by atoms with Crippen molar-refractivity contribution < 1.29 is 23.7 Å². The molecule has 0 saturated carbocycles. The van der Waals surface area contributed by atoms with Crippen molar-refractivity contribution in [2.24, 2.45) is 5.73 Å². The molecule has 0 aliphatic rings. The van der Waals surface area contributed by atoms with Crippen LogP contribution in [0.4, 0.5) is 8.78 Å². The number of ether oxygens (including phenoxy) is 1. The van der Waals surface area contributed by atoms with Gasteiger partial charge in [-0.05, 0) is 13.0 Å². The average molecular weight is 247 g/mol. The Bertz CT molecular complexity index is 385. The summed E-state index contributed by atoms with van der Waals surface area (Å²) < 4.78 is 31.5. The number of aromatic hydroxyl groups is 1. The SMILES string of the molecule is CCOc1cccc([C@H](N)C(F)(F)CO)c1O. The van der Waals surface area contributed by atoms with Crippen LogP contribution in [-0.2, 0) is 0 Å². The van der Waals surface area contributed by atoms with E-state index in [0.29, 0.717) is 6.61 Å². The lowest BCUT2D eigenvalue weighted by atomic mass is 10.0. The molecule has 6 heteroatoms. The second kappa shape index (κ2) is 5.29. The predicted octanol–water partition coefficient (Wildman–Crippen LogP) is 1.42. The molecule has 0 aromatic heterocycles. The summed E-state index contributed by atoms with van der Waals surface area (Å²) in [4.78, 5) is 0. The van der Waals surface area contributed by atoms with Crippen LogP contribution in [0.15, 0.2) is 18.2 Å². The van der Waals surface area contributed by atoms with E-state index >= 15 is 0 Å². The molecule has 0 spiro atoms. The summed E-state index contributed by atoms with van der Waals surface area (Å²) in [6.45, 7) is 0.615. The van der Waals surface area contributed by atoms with E-state index in [4.69, 9.17) is 15.6 Å². The third kappa shape index (κ3) is 2.83. The molecule has 0 aliphatic heterocycles. The zero-order chi connectivity index (χ0) is 13.1. The number of alkyl halides is 2. The Morgan fingerprint density at radius 2 is 2.12 bits per heavy atom. The van der Waals surface area contributed by atoms with Crippen LogP contribution in [0.5, 0.6) is 11.5 Å². The standard InChI is InChI=1S/C11H15F2NO3/c1-2-17-8-5-3-4-7(9(8)16)10(14)11(12,13)6-15/h3-5,10,15-16H,2,6,14H2,1H3/t10-/m0/s1. The third-order valence-corrected chi connectivity index (χ3v) is 2.33. The molecule has 0 bridgehead atoms. The molecule has 0 radical (unpaired) electrons. The van der Waals surface area contributed by atoms with Gasteiger partial charge in [0.05, 0.1) is 6.61 Å². The smallest absolute Gasteiger partial charge is 0.289 e. The summed E-state index contributed by atoms with van der Waals surface area (Å²) in [5, 5.41) is 18.3. The quantitative estimate of drug-likeness (QED) is 0.735. The van der Waals surface area contributed by atoms with Crippen LogP contribution in [0.25, 0.3) is 0 Å². The Morgan fingerprint density at radius 1 is 1.47 bits per heavy atom. The molecule has 1 rings (SSSR count). The summed E-state index contributed by atoms with van der Waals surface area (Å²) >= 11 is 0. The van der Waals surface area contributed by atoms with Gasteiger partial charge in [-0.25, -0.2) is 8.78 Å². The number of benzene rings is 1. The third-order valence-electron chi connectivity index (χ3n) is 2.33. The highest BCUT2D eigenvalue weighted by atomic mass is 19.3. The summed E-state index contributed by atoms with van der Waals surface area (Å²) in [5.74, 6) is -3.83. The predicted molar refractivity (Wildman–Crippen MR) is 58.2 cm³/mol. The Balaban J connectivity index is 3.10. The fraction of sp³-hybridized carbons (Fsp3) is 0.455. The molecule has 0 amide bonds. The lowest BCUT2D eigenvalue weighted by Gasteiger charge is -2.23. The van der Waals surface area contributed by atoms with Crippen molar-refractivity contribution in [3.63, 3.8) is 0 Å². The number of phenolic OH excluding ortho intramolecular Hbond substituents is 1. The van der Waals surface area contributed by atoms with Gasteiger partial charge in [-0.3, -0.25) is 0 Å². The highest BCUT2D eigenvalue weighted by molar-refractivity contribution is 5.47. The molecule has 1 aromatic carbocycles. The molecular weight excluding hydrogens is 232 g/mol. The van der Waals surface area contributed by atoms with Gasteiger partial charge in [-0.15, -0.1) is 0 Å². The Labute approximate surface area is 97.6 Å². The number of nitrogens with two attached hydrogens (primary N) is 1. The van der Waals surface area contributed by atoms with E-state index in [1.807, 2.05) is 0 Å². The van der Waals surface area contributed by atoms with Crippen LogP contribution in [-0.4, -0.2) is 29.3 Å². The normalized spacial score (nSPS) is 13.5. The summed E-state index contributed by atoms with van der Waals surface area (Å²) in [7, 11) is 0. The van der Waals surface area contributed by atoms with E-state index in [2.05, 4.69) is 0 Å². The van der Waals surface area contributed by atoms with Gasteiger partial charge >= 0.3 is 0 Å². The number of phenols is 1. The van der Waals surface area contributed by atoms with Gasteiger partial charge in [0.2, 0.25) is 0 Å². The molecule has 1 aromatic rings. The minimum atomic E-state index is -3.50. The number of aliphatic hydroxyl groups is 1. The van der Waals surface area contributed by atoms with E-state index in [1.54, 1.807) is 6.92 Å². The first-order valence-electron chi connectivity index (χ1n) is 5.13. The lowest BCUT2D eigenvalue weighted by molar-refractivity contribution is -0.0716. The first-order chi connectivity index (χ1) is 7.94. The van der Waals surface area contributed by atoms with E-state index in [0.717, 1.165) is 0 Å². The van der Waals surface area contributed by atoms with Crippen molar-refractivity contribution in [3.05, 3.63) is 23.8 Å². The summed E-state index contributed by atoms with van der Waals surface area (Å²) in [6.07, 6.45) is 0. The molecule has 4 nitrogen and oxygen atoms in total. The molecule has 0 aliphatic carbocycles. The second-order valence-corrected chi connectivity index (χ2v) is 3.52. The Kier molecular flexibility index (Phi) is 4.25. The van der Waals surface area contributed by atoms with Crippen molar-refractivity contribution >= 4 is 0 Å². The first-order valence-corrected chi connectivity index (χ1v) is 5.13. The van der Waals surface area contributed by atoms with Crippen LogP contribution in [0.2, 0.25) is 0 Å². The van der Waals surface area contributed by atoms with Crippen molar-refractivity contribution in [1.29, 1.82) is 0 Å². The molecular formula is C11H15F2NO3. The summed E-state index contributed by atoms with van der Waals surface area (Å²) in [6, 6.07) is 2.39. The number of rotatable bonds is 5. The maximum absolute atomic E-state index is 13.2. The minimum Gasteiger partial charge on any atom is -0.504 e. The Hall–Kier alpha value is -1.40. The molecule has 0 unspecified atom stereocenters. The second-order valence-electron chi connectivity index (χ2n) is 3.52. The maximum Gasteiger partial charge on any atom is 0.289 e. The van der Waals surface area contributed by atoms with E-state index in [1.165, 1.54) is 18.2 Å². The van der Waals surface area contributed by atoms with Gasteiger partial charge in [-0.2, -0.15) is 0 Å². The first kappa shape index (κ1) is 13.7. The number of para-hydroxylation sites is 1. The molecule has 0 heterocycles. The zero-order valence-electron chi connectivity index (χ0n) is 9.36. The number of hydrogen-bond donors (Lipinski definition) is 3. The summed E-state index contributed by atoms with van der Waals surface area (Å²) in [5.41, 5.74) is 5.17. The van der Waals surface area contributed by atoms with Gasteiger partial charge in [0.25, 0.3) is 5.92 Å². The monoisotopic (exact) mass is 247 g/mol. The maximum atomic E-state index is 13.2. The van der Waals surface area contributed by atoms with Crippen LogP contribution in [0.1, 0.15) is 18.5 Å². The molecule has 0 fully saturated rings. The highest BCUT2D eigenvalue weighted by Gasteiger charge is 2.39. The van der Waals surface area contributed by atoms with E-state index in [-0.39, 0.29) is 11.3 Å². The number of aliphatic hydroxyl groups excluding tert-OH is 1. The van der Waals surface area contributed by atoms with E-state index in [9.17, 15) is 13.9 Å². The molecule has 17 heavy (non-hydrogen) atoms. The van der Waals surface area contributed by atoms with Gasteiger partial charge in [-0.1, -0.05) is 12.1 Å². The van der Waals surface area contributed by atoms with Gasteiger partial charge in [0.1, 0.15) is 12.6 Å². The molecule has 0 saturated heterocycles. The topological polar surface area (TPSA) is 75.7 Å². The molecule has 96 valence electrons. The van der Waals surface area contributed by atoms with Crippen molar-refractivity contribution in [3.8, 4) is 11.5 Å². The van der Waals surface area contributed by atoms with Gasteiger partial charge in [0.15, 0.2) is 11.5 Å². The number of hydrogen-bond acceptors (Lipinski definition) is 4. The Morgan fingerprint density at radius 3 is 2.65 bits per heavy atom. The molecule has 4 N–H and O–H groups in total. The molecule has 1 atom stereocenters. The van der Waals surface area contributed by atoms with Crippen molar-refractivity contribution in [2.75, 3.05) is 13.2 Å².